The van der Waals surface area contributed by atoms with Gasteiger partial charge in [0, 0.05) is 19.8 Å². The average Bonchev–Trinajstić information content (AvgIpc) is 2.56. The molecule has 1 amide bonds. The summed E-state index contributed by atoms with van der Waals surface area (Å²) in [6, 6.07) is 10.4. The summed E-state index contributed by atoms with van der Waals surface area (Å²) in [6.07, 6.45) is 2.02. The van der Waals surface area contributed by atoms with Crippen LogP contribution in [0.2, 0.25) is 0 Å². The number of carbonyl (C=O) groups excluding carboxylic acids is 1. The highest BCUT2D eigenvalue weighted by Crippen LogP contribution is 2.21. The van der Waals surface area contributed by atoms with E-state index in [0.717, 1.165) is 39.1 Å². The van der Waals surface area contributed by atoms with Crippen molar-refractivity contribution >= 4 is 23.2 Å². The van der Waals surface area contributed by atoms with Gasteiger partial charge in [-0.3, -0.25) is 15.0 Å². The van der Waals surface area contributed by atoms with Crippen LogP contribution >= 0.6 is 12.2 Å². The summed E-state index contributed by atoms with van der Waals surface area (Å²) < 4.78 is 0. The minimum Gasteiger partial charge on any atom is -0.332 e. The third-order valence-electron chi connectivity index (χ3n) is 4.55. The molecule has 23 heavy (non-hydrogen) atoms. The second kappa shape index (κ2) is 7.38. The third kappa shape index (κ3) is 3.71. The lowest BCUT2D eigenvalue weighted by atomic mass is 9.98. The van der Waals surface area contributed by atoms with E-state index < -0.39 is 0 Å². The van der Waals surface area contributed by atoms with Gasteiger partial charge >= 0.3 is 0 Å². The molecule has 2 aliphatic rings. The molecule has 1 aromatic carbocycles. The first-order valence-corrected chi connectivity index (χ1v) is 8.71. The number of hydrogen-bond donors (Lipinski definition) is 2. The normalized spacial score (nSPS) is 25.2. The van der Waals surface area contributed by atoms with Gasteiger partial charge < -0.3 is 10.2 Å². The van der Waals surface area contributed by atoms with Gasteiger partial charge in [-0.2, -0.15) is 0 Å². The lowest BCUT2D eigenvalue weighted by Crippen LogP contribution is -2.70. The molecular formula is C17H24N4OS. The van der Waals surface area contributed by atoms with Gasteiger partial charge in [-0.1, -0.05) is 37.3 Å². The Bertz CT molecular complexity index is 565. The summed E-state index contributed by atoms with van der Waals surface area (Å²) in [5.41, 5.74) is 1.28. The van der Waals surface area contributed by atoms with Crippen molar-refractivity contribution in [3.8, 4) is 0 Å². The fraction of sp³-hybridized carbons (Fsp3) is 0.529. The Hall–Kier alpha value is -1.50. The second-order valence-corrected chi connectivity index (χ2v) is 6.60. The molecule has 0 aromatic heterocycles. The van der Waals surface area contributed by atoms with E-state index in [1.807, 2.05) is 6.07 Å². The number of amides is 1. The molecule has 6 heteroatoms. The van der Waals surface area contributed by atoms with Crippen molar-refractivity contribution in [2.24, 2.45) is 5.92 Å². The molecule has 0 radical (unpaired) electrons. The zero-order chi connectivity index (χ0) is 16.2. The van der Waals surface area contributed by atoms with Gasteiger partial charge in [0.2, 0.25) is 5.91 Å². The van der Waals surface area contributed by atoms with Crippen LogP contribution in [0.5, 0.6) is 0 Å². The molecule has 2 N–H and O–H groups in total. The monoisotopic (exact) mass is 332 g/mol. The van der Waals surface area contributed by atoms with E-state index in [4.69, 9.17) is 12.2 Å². The highest BCUT2D eigenvalue weighted by atomic mass is 32.1. The number of nitrogens with one attached hydrogen (secondary N) is 2. The molecule has 2 saturated heterocycles. The van der Waals surface area contributed by atoms with E-state index in [0.29, 0.717) is 5.11 Å². The van der Waals surface area contributed by atoms with Crippen molar-refractivity contribution in [1.82, 2.24) is 20.4 Å². The standard InChI is InChI=1S/C17H24N4OS/c1-2-9-20-11-14-15(18-12-20)21(17(23)19-16(14)22)10-8-13-6-4-3-5-7-13/h3-7,14-15,18H,2,8-12H2,1H3,(H,19,22,23). The molecular weight excluding hydrogens is 308 g/mol. The van der Waals surface area contributed by atoms with Crippen molar-refractivity contribution in [3.05, 3.63) is 35.9 Å². The first-order chi connectivity index (χ1) is 11.2. The van der Waals surface area contributed by atoms with Crippen LogP contribution in [-0.2, 0) is 11.2 Å². The van der Waals surface area contributed by atoms with Gasteiger partial charge in [0.1, 0.15) is 0 Å². The molecule has 2 fully saturated rings. The molecule has 0 saturated carbocycles. The predicted molar refractivity (Wildman–Crippen MR) is 94.7 cm³/mol. The predicted octanol–water partition coefficient (Wildman–Crippen LogP) is 1.16. The Morgan fingerprint density at radius 2 is 2.04 bits per heavy atom. The van der Waals surface area contributed by atoms with Crippen LogP contribution in [0.3, 0.4) is 0 Å². The number of carbonyl (C=O) groups is 1. The van der Waals surface area contributed by atoms with E-state index in [2.05, 4.69) is 51.6 Å². The topological polar surface area (TPSA) is 47.6 Å². The van der Waals surface area contributed by atoms with Gasteiger partial charge in [-0.25, -0.2) is 0 Å². The molecule has 2 heterocycles. The summed E-state index contributed by atoms with van der Waals surface area (Å²) in [4.78, 5) is 16.7. The van der Waals surface area contributed by atoms with E-state index in [-0.39, 0.29) is 18.0 Å². The van der Waals surface area contributed by atoms with Crippen LogP contribution in [0, 0.1) is 5.92 Å². The summed E-state index contributed by atoms with van der Waals surface area (Å²) in [5, 5.41) is 6.93. The third-order valence-corrected chi connectivity index (χ3v) is 4.88. The number of fused-ring (bicyclic) bond motifs is 1. The average molecular weight is 332 g/mol. The van der Waals surface area contributed by atoms with E-state index in [1.165, 1.54) is 5.56 Å². The SMILES string of the molecule is CCCN1CNC2C(C1)C(=O)NC(=S)N2CCc1ccccc1. The van der Waals surface area contributed by atoms with E-state index in [9.17, 15) is 4.79 Å². The van der Waals surface area contributed by atoms with Crippen LogP contribution in [0.1, 0.15) is 18.9 Å². The van der Waals surface area contributed by atoms with Crippen LogP contribution in [0.15, 0.2) is 30.3 Å². The second-order valence-electron chi connectivity index (χ2n) is 6.21. The van der Waals surface area contributed by atoms with Crippen LogP contribution < -0.4 is 10.6 Å². The van der Waals surface area contributed by atoms with Gasteiger partial charge in [0.25, 0.3) is 0 Å². The van der Waals surface area contributed by atoms with Crippen LogP contribution in [0.4, 0.5) is 0 Å². The summed E-state index contributed by atoms with van der Waals surface area (Å²) in [7, 11) is 0. The molecule has 3 rings (SSSR count). The van der Waals surface area contributed by atoms with Crippen molar-refractivity contribution in [1.29, 1.82) is 0 Å². The summed E-state index contributed by atoms with van der Waals surface area (Å²) in [5.74, 6) is -0.0259. The highest BCUT2D eigenvalue weighted by molar-refractivity contribution is 7.80. The molecule has 5 nitrogen and oxygen atoms in total. The quantitative estimate of drug-likeness (QED) is 0.793. The maximum atomic E-state index is 12.3. The van der Waals surface area contributed by atoms with Gasteiger partial charge in [0.05, 0.1) is 12.1 Å². The number of thiocarbonyl (C=S) groups is 1. The summed E-state index contributed by atoms with van der Waals surface area (Å²) >= 11 is 5.41. The zero-order valence-electron chi connectivity index (χ0n) is 13.5. The van der Waals surface area contributed by atoms with Crippen molar-refractivity contribution < 1.29 is 4.79 Å². The Balaban J connectivity index is 1.67. The first kappa shape index (κ1) is 16.4. The van der Waals surface area contributed by atoms with Gasteiger partial charge in [-0.05, 0) is 37.2 Å². The van der Waals surface area contributed by atoms with Crippen molar-refractivity contribution in [2.45, 2.75) is 25.9 Å². The fourth-order valence-corrected chi connectivity index (χ4v) is 3.68. The smallest absolute Gasteiger partial charge is 0.234 e. The molecule has 2 aliphatic heterocycles. The fourth-order valence-electron chi connectivity index (χ4n) is 3.38. The summed E-state index contributed by atoms with van der Waals surface area (Å²) in [6.45, 7) is 5.59. The first-order valence-electron chi connectivity index (χ1n) is 8.30. The Kier molecular flexibility index (Phi) is 5.25. The molecule has 1 aromatic rings. The molecule has 2 unspecified atom stereocenters. The largest absolute Gasteiger partial charge is 0.332 e. The number of nitrogens with zero attached hydrogens (tertiary/aromatic N) is 2. The molecule has 2 atom stereocenters. The maximum absolute atomic E-state index is 12.3. The van der Waals surface area contributed by atoms with Gasteiger partial charge in [-0.15, -0.1) is 0 Å². The lowest BCUT2D eigenvalue weighted by Gasteiger charge is -2.47. The minimum atomic E-state index is -0.0715. The lowest BCUT2D eigenvalue weighted by molar-refractivity contribution is -0.130. The number of benzene rings is 1. The van der Waals surface area contributed by atoms with Crippen molar-refractivity contribution in [2.75, 3.05) is 26.3 Å². The molecule has 0 bridgehead atoms. The van der Waals surface area contributed by atoms with E-state index in [1.54, 1.807) is 0 Å². The Morgan fingerprint density at radius 1 is 1.26 bits per heavy atom. The Labute approximate surface area is 143 Å². The molecule has 0 spiro atoms. The zero-order valence-corrected chi connectivity index (χ0v) is 14.3. The van der Waals surface area contributed by atoms with Crippen LogP contribution in [-0.4, -0.2) is 53.3 Å². The molecule has 124 valence electrons. The number of hydrogen-bond acceptors (Lipinski definition) is 4. The van der Waals surface area contributed by atoms with Gasteiger partial charge in [0.15, 0.2) is 5.11 Å². The van der Waals surface area contributed by atoms with Crippen LogP contribution in [0.25, 0.3) is 0 Å². The highest BCUT2D eigenvalue weighted by Gasteiger charge is 2.42. The molecule has 0 aliphatic carbocycles. The van der Waals surface area contributed by atoms with Crippen molar-refractivity contribution in [3.63, 3.8) is 0 Å². The van der Waals surface area contributed by atoms with E-state index >= 15 is 0 Å². The number of rotatable bonds is 5. The Morgan fingerprint density at radius 3 is 2.78 bits per heavy atom. The maximum Gasteiger partial charge on any atom is 0.234 e. The minimum absolute atomic E-state index is 0.00747.